The van der Waals surface area contributed by atoms with Gasteiger partial charge in [0.1, 0.15) is 5.82 Å². The average molecular weight is 250 g/mol. The molecule has 1 aliphatic rings. The first kappa shape index (κ1) is 13.1. The largest absolute Gasteiger partial charge is 0.352 e. The maximum atomic E-state index is 11.9. The molecule has 1 unspecified atom stereocenters. The molecule has 2 N–H and O–H groups in total. The number of aryl methyl sites for hydroxylation is 1. The van der Waals surface area contributed by atoms with Crippen LogP contribution in [0.5, 0.6) is 0 Å². The van der Waals surface area contributed by atoms with E-state index in [2.05, 4.69) is 15.6 Å². The Hall–Kier alpha value is -1.36. The van der Waals surface area contributed by atoms with E-state index < -0.39 is 0 Å². The zero-order valence-corrected chi connectivity index (χ0v) is 11.1. The van der Waals surface area contributed by atoms with Crippen LogP contribution in [-0.2, 0) is 18.4 Å². The number of amides is 1. The minimum absolute atomic E-state index is 0.0936. The molecular weight excluding hydrogens is 228 g/mol. The first-order chi connectivity index (χ1) is 8.66. The molecule has 1 amide bonds. The lowest BCUT2D eigenvalue weighted by atomic mass is 10.2. The van der Waals surface area contributed by atoms with Gasteiger partial charge in [0.2, 0.25) is 5.91 Å². The lowest BCUT2D eigenvalue weighted by Crippen LogP contribution is -2.45. The van der Waals surface area contributed by atoms with Gasteiger partial charge in [-0.25, -0.2) is 4.98 Å². The summed E-state index contributed by atoms with van der Waals surface area (Å²) in [6.45, 7) is 2.51. The summed E-state index contributed by atoms with van der Waals surface area (Å²) in [4.78, 5) is 16.2. The van der Waals surface area contributed by atoms with E-state index in [4.69, 9.17) is 0 Å². The van der Waals surface area contributed by atoms with Gasteiger partial charge in [-0.05, 0) is 19.8 Å². The van der Waals surface area contributed by atoms with Crippen LogP contribution < -0.4 is 10.6 Å². The van der Waals surface area contributed by atoms with Crippen molar-refractivity contribution in [3.05, 3.63) is 18.2 Å². The summed E-state index contributed by atoms with van der Waals surface area (Å²) in [6.07, 6.45) is 8.39. The molecule has 0 bridgehead atoms. The number of nitrogens with one attached hydrogen (secondary N) is 2. The predicted octanol–water partition coefficient (Wildman–Crippen LogP) is 0.957. The number of carbonyl (C=O) groups excluding carboxylic acids is 1. The summed E-state index contributed by atoms with van der Waals surface area (Å²) < 4.78 is 1.95. The van der Waals surface area contributed by atoms with Gasteiger partial charge < -0.3 is 9.88 Å². The summed E-state index contributed by atoms with van der Waals surface area (Å²) >= 11 is 0. The number of hydrogen-bond donors (Lipinski definition) is 2. The number of imidazole rings is 1. The Labute approximate surface area is 108 Å². The van der Waals surface area contributed by atoms with Gasteiger partial charge in [-0.3, -0.25) is 10.1 Å². The highest BCUT2D eigenvalue weighted by atomic mass is 16.2. The van der Waals surface area contributed by atoms with Gasteiger partial charge in [0, 0.05) is 25.5 Å². The number of rotatable bonds is 5. The second-order valence-corrected chi connectivity index (χ2v) is 5.05. The lowest BCUT2D eigenvalue weighted by Gasteiger charge is -2.17. The van der Waals surface area contributed by atoms with Crippen LogP contribution in [0.1, 0.15) is 38.4 Å². The van der Waals surface area contributed by atoms with Crippen LogP contribution >= 0.6 is 0 Å². The molecule has 1 heterocycles. The molecule has 1 saturated carbocycles. The Kier molecular flexibility index (Phi) is 4.36. The molecule has 0 saturated heterocycles. The van der Waals surface area contributed by atoms with Crippen molar-refractivity contribution in [1.82, 2.24) is 20.2 Å². The van der Waals surface area contributed by atoms with E-state index in [1.165, 1.54) is 12.8 Å². The zero-order chi connectivity index (χ0) is 13.0. The fourth-order valence-corrected chi connectivity index (χ4v) is 2.30. The summed E-state index contributed by atoms with van der Waals surface area (Å²) in [6, 6.07) is 0.206. The molecule has 1 atom stereocenters. The fourth-order valence-electron chi connectivity index (χ4n) is 2.30. The van der Waals surface area contributed by atoms with Crippen molar-refractivity contribution in [2.45, 2.75) is 51.2 Å². The first-order valence-electron chi connectivity index (χ1n) is 6.67. The van der Waals surface area contributed by atoms with Gasteiger partial charge in [0.15, 0.2) is 0 Å². The van der Waals surface area contributed by atoms with Crippen molar-refractivity contribution >= 4 is 5.91 Å². The third-order valence-corrected chi connectivity index (χ3v) is 3.58. The minimum atomic E-state index is -0.178. The lowest BCUT2D eigenvalue weighted by molar-refractivity contribution is -0.123. The maximum Gasteiger partial charge on any atom is 0.237 e. The van der Waals surface area contributed by atoms with E-state index in [0.717, 1.165) is 18.7 Å². The fraction of sp³-hybridized carbons (Fsp3) is 0.692. The van der Waals surface area contributed by atoms with E-state index in [1.807, 2.05) is 24.7 Å². The summed E-state index contributed by atoms with van der Waals surface area (Å²) in [5, 5.41) is 6.30. The first-order valence-corrected chi connectivity index (χ1v) is 6.67. The molecule has 1 aromatic heterocycles. The number of hydrogen-bond acceptors (Lipinski definition) is 3. The van der Waals surface area contributed by atoms with E-state index in [1.54, 1.807) is 6.20 Å². The molecule has 0 aromatic carbocycles. The van der Waals surface area contributed by atoms with E-state index >= 15 is 0 Å². The van der Waals surface area contributed by atoms with Gasteiger partial charge in [-0.15, -0.1) is 0 Å². The monoisotopic (exact) mass is 250 g/mol. The Morgan fingerprint density at radius 1 is 1.56 bits per heavy atom. The molecule has 0 spiro atoms. The third-order valence-electron chi connectivity index (χ3n) is 3.58. The molecule has 1 aromatic rings. The van der Waals surface area contributed by atoms with Crippen molar-refractivity contribution < 1.29 is 4.79 Å². The second kappa shape index (κ2) is 6.00. The van der Waals surface area contributed by atoms with Gasteiger partial charge >= 0.3 is 0 Å². The molecule has 5 nitrogen and oxygen atoms in total. The summed E-state index contributed by atoms with van der Waals surface area (Å²) in [5.41, 5.74) is 0. The minimum Gasteiger partial charge on any atom is -0.352 e. The molecule has 2 rings (SSSR count). The topological polar surface area (TPSA) is 59.0 Å². The Morgan fingerprint density at radius 3 is 2.89 bits per heavy atom. The van der Waals surface area contributed by atoms with Crippen LogP contribution in [-0.4, -0.2) is 27.5 Å². The van der Waals surface area contributed by atoms with Gasteiger partial charge in [-0.2, -0.15) is 0 Å². The quantitative estimate of drug-likeness (QED) is 0.818. The van der Waals surface area contributed by atoms with Crippen LogP contribution in [0.25, 0.3) is 0 Å². The molecule has 100 valence electrons. The average Bonchev–Trinajstić information content (AvgIpc) is 2.98. The van der Waals surface area contributed by atoms with E-state index in [9.17, 15) is 4.79 Å². The Balaban J connectivity index is 1.75. The smallest absolute Gasteiger partial charge is 0.237 e. The van der Waals surface area contributed by atoms with Crippen molar-refractivity contribution in [2.24, 2.45) is 7.05 Å². The predicted molar refractivity (Wildman–Crippen MR) is 69.9 cm³/mol. The Bertz CT molecular complexity index is 395. The standard InChI is InChI=1S/C13H22N4O/c1-10(13(18)16-11-5-3-4-6-11)15-9-12-14-7-8-17(12)2/h7-8,10-11,15H,3-6,9H2,1-2H3,(H,16,18). The highest BCUT2D eigenvalue weighted by Crippen LogP contribution is 2.17. The summed E-state index contributed by atoms with van der Waals surface area (Å²) in [7, 11) is 1.95. The summed E-state index contributed by atoms with van der Waals surface area (Å²) in [5.74, 6) is 1.03. The van der Waals surface area contributed by atoms with E-state index in [-0.39, 0.29) is 11.9 Å². The second-order valence-electron chi connectivity index (χ2n) is 5.05. The molecule has 0 aliphatic heterocycles. The highest BCUT2D eigenvalue weighted by Gasteiger charge is 2.20. The highest BCUT2D eigenvalue weighted by molar-refractivity contribution is 5.81. The van der Waals surface area contributed by atoms with Crippen LogP contribution in [0.15, 0.2) is 12.4 Å². The maximum absolute atomic E-state index is 11.9. The van der Waals surface area contributed by atoms with Crippen molar-refractivity contribution in [3.8, 4) is 0 Å². The molecule has 5 heteroatoms. The number of carbonyl (C=O) groups is 1. The normalized spacial score (nSPS) is 17.9. The zero-order valence-electron chi connectivity index (χ0n) is 11.1. The van der Waals surface area contributed by atoms with Crippen molar-refractivity contribution in [1.29, 1.82) is 0 Å². The Morgan fingerprint density at radius 2 is 2.28 bits per heavy atom. The molecule has 18 heavy (non-hydrogen) atoms. The third kappa shape index (κ3) is 3.32. The van der Waals surface area contributed by atoms with E-state index in [0.29, 0.717) is 12.6 Å². The van der Waals surface area contributed by atoms with Gasteiger partial charge in [0.25, 0.3) is 0 Å². The van der Waals surface area contributed by atoms with Crippen LogP contribution in [0, 0.1) is 0 Å². The van der Waals surface area contributed by atoms with Crippen LogP contribution in [0.4, 0.5) is 0 Å². The van der Waals surface area contributed by atoms with Gasteiger partial charge in [0.05, 0.1) is 12.6 Å². The molecule has 1 aliphatic carbocycles. The van der Waals surface area contributed by atoms with Crippen molar-refractivity contribution in [3.63, 3.8) is 0 Å². The molecule has 1 fully saturated rings. The van der Waals surface area contributed by atoms with Crippen LogP contribution in [0.3, 0.4) is 0 Å². The molecular formula is C13H22N4O. The number of nitrogens with zero attached hydrogens (tertiary/aromatic N) is 2. The van der Waals surface area contributed by atoms with Gasteiger partial charge in [-0.1, -0.05) is 12.8 Å². The van der Waals surface area contributed by atoms with Crippen LogP contribution in [0.2, 0.25) is 0 Å². The van der Waals surface area contributed by atoms with Crippen molar-refractivity contribution in [2.75, 3.05) is 0 Å². The SMILES string of the molecule is CC(NCc1nccn1C)C(=O)NC1CCCC1. The number of aromatic nitrogens is 2. The molecule has 0 radical (unpaired) electrons.